The first kappa shape index (κ1) is 8.87. The number of carbonyl (C=O) groups excluding carboxylic acids is 1. The molecule has 2 rings (SSSR count). The van der Waals surface area contributed by atoms with E-state index in [1.807, 2.05) is 0 Å². The molecule has 1 atom stereocenters. The quantitative estimate of drug-likeness (QED) is 0.656. The Balaban J connectivity index is 2.27. The van der Waals surface area contributed by atoms with Crippen molar-refractivity contribution in [2.75, 3.05) is 0 Å². The Morgan fingerprint density at radius 3 is 3.14 bits per heavy atom. The number of hydrogen-bond acceptors (Lipinski definition) is 2. The largest absolute Gasteiger partial charge is 0.277 e. The van der Waals surface area contributed by atoms with Gasteiger partial charge in [0.25, 0.3) is 0 Å². The van der Waals surface area contributed by atoms with Gasteiger partial charge in [-0.15, -0.1) is 0 Å². The normalized spacial score (nSPS) is 20.1. The molecule has 1 aliphatic heterocycles. The summed E-state index contributed by atoms with van der Waals surface area (Å²) in [6.45, 7) is 0. The molecule has 0 bridgehead atoms. The Morgan fingerprint density at radius 1 is 1.57 bits per heavy atom. The molecule has 14 heavy (non-hydrogen) atoms. The SMILES string of the molecule is O=CN1N=CCC1c1cccc(F)c1. The van der Waals surface area contributed by atoms with Gasteiger partial charge >= 0.3 is 0 Å². The second-order valence-electron chi connectivity index (χ2n) is 3.09. The molecule has 72 valence electrons. The van der Waals surface area contributed by atoms with E-state index in [4.69, 9.17) is 0 Å². The standard InChI is InChI=1S/C10H9FN2O/c11-9-3-1-2-8(6-9)10-4-5-12-13(10)7-14/h1-3,5-7,10H,4H2. The van der Waals surface area contributed by atoms with Crippen LogP contribution in [-0.4, -0.2) is 17.6 Å². The van der Waals surface area contributed by atoms with Gasteiger partial charge < -0.3 is 0 Å². The lowest BCUT2D eigenvalue weighted by molar-refractivity contribution is -0.119. The molecular formula is C10H9FN2O. The third-order valence-electron chi connectivity index (χ3n) is 2.20. The van der Waals surface area contributed by atoms with Crippen LogP contribution in [0.25, 0.3) is 0 Å². The zero-order chi connectivity index (χ0) is 9.97. The molecule has 1 unspecified atom stereocenters. The summed E-state index contributed by atoms with van der Waals surface area (Å²) in [6.07, 6.45) is 2.95. The predicted octanol–water partition coefficient (Wildman–Crippen LogP) is 1.71. The minimum Gasteiger partial charge on any atom is -0.277 e. The summed E-state index contributed by atoms with van der Waals surface area (Å²) in [5.41, 5.74) is 0.773. The first-order valence-electron chi connectivity index (χ1n) is 4.33. The summed E-state index contributed by atoms with van der Waals surface area (Å²) in [7, 11) is 0. The number of carbonyl (C=O) groups is 1. The minimum atomic E-state index is -0.291. The van der Waals surface area contributed by atoms with Crippen molar-refractivity contribution in [1.82, 2.24) is 5.01 Å². The van der Waals surface area contributed by atoms with Crippen LogP contribution in [0.2, 0.25) is 0 Å². The first-order valence-corrected chi connectivity index (χ1v) is 4.33. The number of amides is 1. The minimum absolute atomic E-state index is 0.150. The van der Waals surface area contributed by atoms with Crippen LogP contribution in [-0.2, 0) is 4.79 Å². The summed E-state index contributed by atoms with van der Waals surface area (Å²) >= 11 is 0. The van der Waals surface area contributed by atoms with Crippen molar-refractivity contribution in [1.29, 1.82) is 0 Å². The van der Waals surface area contributed by atoms with Crippen molar-refractivity contribution in [3.05, 3.63) is 35.6 Å². The molecule has 0 N–H and O–H groups in total. The van der Waals surface area contributed by atoms with Crippen molar-refractivity contribution in [2.45, 2.75) is 12.5 Å². The van der Waals surface area contributed by atoms with Crippen LogP contribution in [0.15, 0.2) is 29.4 Å². The zero-order valence-corrected chi connectivity index (χ0v) is 7.43. The third kappa shape index (κ3) is 1.51. The molecule has 4 heteroatoms. The molecular weight excluding hydrogens is 183 g/mol. The molecule has 0 spiro atoms. The Bertz CT molecular complexity index is 378. The van der Waals surface area contributed by atoms with Crippen LogP contribution in [0.3, 0.4) is 0 Å². The molecule has 0 radical (unpaired) electrons. The van der Waals surface area contributed by atoms with Crippen molar-refractivity contribution >= 4 is 12.6 Å². The van der Waals surface area contributed by atoms with Gasteiger partial charge in [-0.3, -0.25) is 4.79 Å². The van der Waals surface area contributed by atoms with Gasteiger partial charge in [-0.05, 0) is 17.7 Å². The topological polar surface area (TPSA) is 32.7 Å². The van der Waals surface area contributed by atoms with E-state index in [0.717, 1.165) is 5.56 Å². The molecule has 0 aliphatic carbocycles. The number of hydrogen-bond donors (Lipinski definition) is 0. The molecule has 1 amide bonds. The fourth-order valence-corrected chi connectivity index (χ4v) is 1.53. The van der Waals surface area contributed by atoms with Crippen LogP contribution in [0.5, 0.6) is 0 Å². The van der Waals surface area contributed by atoms with Gasteiger partial charge in [0.2, 0.25) is 6.41 Å². The maximum absolute atomic E-state index is 12.9. The molecule has 0 saturated heterocycles. The Morgan fingerprint density at radius 2 is 2.43 bits per heavy atom. The summed E-state index contributed by atoms with van der Waals surface area (Å²) in [5.74, 6) is -0.291. The molecule has 3 nitrogen and oxygen atoms in total. The summed E-state index contributed by atoms with van der Waals surface area (Å²) in [6, 6.07) is 6.08. The van der Waals surface area contributed by atoms with Crippen LogP contribution in [0, 0.1) is 5.82 Å². The highest BCUT2D eigenvalue weighted by atomic mass is 19.1. The highest BCUT2D eigenvalue weighted by molar-refractivity contribution is 5.65. The van der Waals surface area contributed by atoms with Gasteiger partial charge in [-0.1, -0.05) is 12.1 Å². The van der Waals surface area contributed by atoms with E-state index in [9.17, 15) is 9.18 Å². The average molecular weight is 192 g/mol. The van der Waals surface area contributed by atoms with Crippen molar-refractivity contribution < 1.29 is 9.18 Å². The fraction of sp³-hybridized carbons (Fsp3) is 0.200. The molecule has 1 heterocycles. The van der Waals surface area contributed by atoms with Crippen LogP contribution in [0.1, 0.15) is 18.0 Å². The van der Waals surface area contributed by atoms with Gasteiger partial charge in [0.1, 0.15) is 5.82 Å². The monoisotopic (exact) mass is 192 g/mol. The van der Waals surface area contributed by atoms with Crippen molar-refractivity contribution in [2.24, 2.45) is 5.10 Å². The van der Waals surface area contributed by atoms with Crippen molar-refractivity contribution in [3.8, 4) is 0 Å². The Hall–Kier alpha value is -1.71. The van der Waals surface area contributed by atoms with E-state index in [1.54, 1.807) is 18.3 Å². The van der Waals surface area contributed by atoms with E-state index >= 15 is 0 Å². The van der Waals surface area contributed by atoms with Gasteiger partial charge in [-0.25, -0.2) is 9.40 Å². The van der Waals surface area contributed by atoms with Crippen LogP contribution in [0.4, 0.5) is 4.39 Å². The van der Waals surface area contributed by atoms with E-state index < -0.39 is 0 Å². The summed E-state index contributed by atoms with van der Waals surface area (Å²) in [4.78, 5) is 10.6. The lowest BCUT2D eigenvalue weighted by Crippen LogP contribution is -2.17. The first-order chi connectivity index (χ1) is 6.81. The Labute approximate surface area is 80.8 Å². The average Bonchev–Trinajstić information content (AvgIpc) is 2.65. The fourth-order valence-electron chi connectivity index (χ4n) is 1.53. The maximum atomic E-state index is 12.9. The molecule has 1 aliphatic rings. The van der Waals surface area contributed by atoms with Gasteiger partial charge in [0, 0.05) is 12.6 Å². The smallest absolute Gasteiger partial charge is 0.230 e. The number of halogens is 1. The van der Waals surface area contributed by atoms with Crippen LogP contribution >= 0.6 is 0 Å². The second kappa shape index (κ2) is 3.57. The number of nitrogens with zero attached hydrogens (tertiary/aromatic N) is 2. The lowest BCUT2D eigenvalue weighted by atomic mass is 10.1. The lowest BCUT2D eigenvalue weighted by Gasteiger charge is -2.17. The molecule has 0 aromatic heterocycles. The molecule has 0 saturated carbocycles. The van der Waals surface area contributed by atoms with E-state index in [2.05, 4.69) is 5.10 Å². The highest BCUT2D eigenvalue weighted by Gasteiger charge is 2.22. The Kier molecular flexibility index (Phi) is 2.26. The maximum Gasteiger partial charge on any atom is 0.230 e. The van der Waals surface area contributed by atoms with E-state index in [-0.39, 0.29) is 11.9 Å². The zero-order valence-electron chi connectivity index (χ0n) is 7.43. The second-order valence-corrected chi connectivity index (χ2v) is 3.09. The highest BCUT2D eigenvalue weighted by Crippen LogP contribution is 2.26. The van der Waals surface area contributed by atoms with Gasteiger partial charge in [-0.2, -0.15) is 5.10 Å². The molecule has 1 aromatic rings. The van der Waals surface area contributed by atoms with Crippen molar-refractivity contribution in [3.63, 3.8) is 0 Å². The van der Waals surface area contributed by atoms with Gasteiger partial charge in [0.05, 0.1) is 6.04 Å². The predicted molar refractivity (Wildman–Crippen MR) is 50.2 cm³/mol. The van der Waals surface area contributed by atoms with Gasteiger partial charge in [0.15, 0.2) is 0 Å². The number of rotatable bonds is 2. The third-order valence-corrected chi connectivity index (χ3v) is 2.20. The molecule has 0 fully saturated rings. The van der Waals surface area contributed by atoms with E-state index in [1.165, 1.54) is 17.1 Å². The number of hydrazone groups is 1. The molecule has 1 aromatic carbocycles. The van der Waals surface area contributed by atoms with E-state index in [0.29, 0.717) is 12.8 Å². The summed E-state index contributed by atoms with van der Waals surface area (Å²) in [5, 5.41) is 5.16. The summed E-state index contributed by atoms with van der Waals surface area (Å²) < 4.78 is 12.9. The number of benzene rings is 1. The van der Waals surface area contributed by atoms with Crippen LogP contribution < -0.4 is 0 Å².